The minimum atomic E-state index is -0.130. The number of aromatic nitrogens is 1. The zero-order valence-corrected chi connectivity index (χ0v) is 12.8. The number of carbonyl (C=O) groups excluding carboxylic acids is 1. The van der Waals surface area contributed by atoms with Crippen LogP contribution in [0.25, 0.3) is 0 Å². The molecule has 0 saturated carbocycles. The molecule has 0 N–H and O–H groups in total. The summed E-state index contributed by atoms with van der Waals surface area (Å²) in [5.41, 5.74) is 2.06. The summed E-state index contributed by atoms with van der Waals surface area (Å²) < 4.78 is 0. The van der Waals surface area contributed by atoms with E-state index in [2.05, 4.69) is 17.1 Å². The molecule has 3 heteroatoms. The van der Waals surface area contributed by atoms with Crippen molar-refractivity contribution in [3.05, 3.63) is 66.0 Å². The van der Waals surface area contributed by atoms with Crippen molar-refractivity contribution in [2.75, 3.05) is 13.1 Å². The third-order valence-corrected chi connectivity index (χ3v) is 4.31. The number of hydrogen-bond donors (Lipinski definition) is 0. The summed E-state index contributed by atoms with van der Waals surface area (Å²) in [6.07, 6.45) is 5.94. The van der Waals surface area contributed by atoms with Crippen molar-refractivity contribution in [3.8, 4) is 0 Å². The van der Waals surface area contributed by atoms with Crippen LogP contribution in [-0.4, -0.2) is 28.9 Å². The first-order valence-corrected chi connectivity index (χ1v) is 8.08. The van der Waals surface area contributed by atoms with Crippen molar-refractivity contribution < 1.29 is 4.79 Å². The molecule has 2 aromatic rings. The second kappa shape index (κ2) is 7.21. The second-order valence-electron chi connectivity index (χ2n) is 5.87. The normalized spacial score (nSPS) is 16.3. The number of pyridine rings is 1. The number of rotatable bonds is 4. The fraction of sp³-hybridized carbons (Fsp3) is 0.368. The number of carbonyl (C=O) groups is 1. The van der Waals surface area contributed by atoms with Crippen molar-refractivity contribution >= 4 is 5.91 Å². The summed E-state index contributed by atoms with van der Waals surface area (Å²) in [5.74, 6) is 0.116. The van der Waals surface area contributed by atoms with Crippen LogP contribution in [0.2, 0.25) is 0 Å². The van der Waals surface area contributed by atoms with Gasteiger partial charge in [-0.25, -0.2) is 0 Å². The van der Waals surface area contributed by atoms with E-state index < -0.39 is 0 Å². The number of nitrogens with zero attached hydrogens (tertiary/aromatic N) is 2. The molecule has 22 heavy (non-hydrogen) atoms. The molecule has 3 nitrogen and oxygen atoms in total. The highest BCUT2D eigenvalue weighted by atomic mass is 16.2. The largest absolute Gasteiger partial charge is 0.342 e. The Balaban J connectivity index is 1.84. The Labute approximate surface area is 132 Å². The van der Waals surface area contributed by atoms with E-state index in [1.807, 2.05) is 41.3 Å². The quantitative estimate of drug-likeness (QED) is 0.865. The predicted octanol–water partition coefficient (Wildman–Crippen LogP) is 3.42. The van der Waals surface area contributed by atoms with Crippen molar-refractivity contribution in [1.29, 1.82) is 0 Å². The van der Waals surface area contributed by atoms with Crippen molar-refractivity contribution in [2.45, 2.75) is 31.6 Å². The van der Waals surface area contributed by atoms with Gasteiger partial charge in [0.1, 0.15) is 0 Å². The lowest BCUT2D eigenvalue weighted by Crippen LogP contribution is -2.39. The lowest BCUT2D eigenvalue weighted by Gasteiger charge is -2.30. The van der Waals surface area contributed by atoms with E-state index in [1.54, 1.807) is 6.20 Å². The zero-order valence-electron chi connectivity index (χ0n) is 12.8. The number of amides is 1. The van der Waals surface area contributed by atoms with Crippen LogP contribution in [0.15, 0.2) is 54.7 Å². The van der Waals surface area contributed by atoms with E-state index in [9.17, 15) is 4.79 Å². The molecule has 1 amide bonds. The summed E-state index contributed by atoms with van der Waals surface area (Å²) in [4.78, 5) is 19.4. The first kappa shape index (κ1) is 14.8. The molecular formula is C19H22N2O. The molecule has 1 atom stereocenters. The van der Waals surface area contributed by atoms with Crippen LogP contribution in [0.5, 0.6) is 0 Å². The molecule has 1 aliphatic rings. The molecule has 114 valence electrons. The third kappa shape index (κ3) is 3.53. The molecule has 1 aromatic carbocycles. The summed E-state index contributed by atoms with van der Waals surface area (Å²) >= 11 is 0. The topological polar surface area (TPSA) is 33.2 Å². The van der Waals surface area contributed by atoms with Crippen LogP contribution in [0.3, 0.4) is 0 Å². The van der Waals surface area contributed by atoms with Gasteiger partial charge in [0.2, 0.25) is 5.91 Å². The molecule has 3 rings (SSSR count). The van der Waals surface area contributed by atoms with Gasteiger partial charge in [-0.2, -0.15) is 0 Å². The fourth-order valence-corrected chi connectivity index (χ4v) is 3.10. The smallest absolute Gasteiger partial charge is 0.230 e. The number of hydrogen-bond acceptors (Lipinski definition) is 2. The third-order valence-electron chi connectivity index (χ3n) is 4.31. The Kier molecular flexibility index (Phi) is 4.84. The Morgan fingerprint density at radius 3 is 2.41 bits per heavy atom. The monoisotopic (exact) mass is 294 g/mol. The van der Waals surface area contributed by atoms with Gasteiger partial charge in [-0.05, 0) is 37.0 Å². The summed E-state index contributed by atoms with van der Waals surface area (Å²) in [7, 11) is 0. The van der Waals surface area contributed by atoms with Gasteiger partial charge in [-0.15, -0.1) is 0 Å². The summed E-state index contributed by atoms with van der Waals surface area (Å²) in [5, 5.41) is 0. The Morgan fingerprint density at radius 2 is 1.73 bits per heavy atom. The van der Waals surface area contributed by atoms with Crippen LogP contribution in [-0.2, 0) is 11.2 Å². The van der Waals surface area contributed by atoms with Gasteiger partial charge in [-0.3, -0.25) is 9.78 Å². The molecule has 1 unspecified atom stereocenters. The van der Waals surface area contributed by atoms with Crippen LogP contribution in [0, 0.1) is 0 Å². The number of piperidine rings is 1. The van der Waals surface area contributed by atoms with Gasteiger partial charge in [-0.1, -0.05) is 36.4 Å². The number of likely N-dealkylation sites (tertiary alicyclic amines) is 1. The second-order valence-corrected chi connectivity index (χ2v) is 5.87. The van der Waals surface area contributed by atoms with Gasteiger partial charge in [0.05, 0.1) is 5.92 Å². The SMILES string of the molecule is O=C(C(Cc1ccccn1)c1ccccc1)N1CCCCC1. The lowest BCUT2D eigenvalue weighted by atomic mass is 9.92. The van der Waals surface area contributed by atoms with E-state index in [0.717, 1.165) is 37.2 Å². The number of benzene rings is 1. The minimum Gasteiger partial charge on any atom is -0.342 e. The average molecular weight is 294 g/mol. The highest BCUT2D eigenvalue weighted by Crippen LogP contribution is 2.24. The molecule has 1 aliphatic heterocycles. The molecule has 0 spiro atoms. The molecule has 2 heterocycles. The summed E-state index contributed by atoms with van der Waals surface area (Å²) in [6, 6.07) is 16.0. The average Bonchev–Trinajstić information content (AvgIpc) is 2.61. The maximum absolute atomic E-state index is 13.0. The highest BCUT2D eigenvalue weighted by Gasteiger charge is 2.27. The maximum Gasteiger partial charge on any atom is 0.230 e. The predicted molar refractivity (Wildman–Crippen MR) is 87.6 cm³/mol. The molecule has 0 aliphatic carbocycles. The standard InChI is InChI=1S/C19H22N2O/c22-19(21-13-7-2-8-14-21)18(16-9-3-1-4-10-16)15-17-11-5-6-12-20-17/h1,3-6,9-12,18H,2,7-8,13-15H2. The van der Waals surface area contributed by atoms with Gasteiger partial charge in [0.15, 0.2) is 0 Å². The van der Waals surface area contributed by atoms with E-state index in [1.165, 1.54) is 6.42 Å². The molecular weight excluding hydrogens is 272 g/mol. The Morgan fingerprint density at radius 1 is 1.00 bits per heavy atom. The van der Waals surface area contributed by atoms with Gasteiger partial charge >= 0.3 is 0 Å². The van der Waals surface area contributed by atoms with Crippen LogP contribution in [0.1, 0.15) is 36.4 Å². The first-order chi connectivity index (χ1) is 10.8. The van der Waals surface area contributed by atoms with E-state index in [-0.39, 0.29) is 11.8 Å². The summed E-state index contributed by atoms with van der Waals surface area (Å²) in [6.45, 7) is 1.79. The molecule has 0 radical (unpaired) electrons. The molecule has 0 bridgehead atoms. The zero-order chi connectivity index (χ0) is 15.2. The van der Waals surface area contributed by atoms with Crippen LogP contribution >= 0.6 is 0 Å². The Hall–Kier alpha value is -2.16. The minimum absolute atomic E-state index is 0.130. The van der Waals surface area contributed by atoms with E-state index >= 15 is 0 Å². The van der Waals surface area contributed by atoms with Gasteiger partial charge in [0.25, 0.3) is 0 Å². The van der Waals surface area contributed by atoms with Gasteiger partial charge < -0.3 is 4.90 Å². The van der Waals surface area contributed by atoms with Crippen LogP contribution in [0.4, 0.5) is 0 Å². The van der Waals surface area contributed by atoms with Crippen molar-refractivity contribution in [1.82, 2.24) is 9.88 Å². The van der Waals surface area contributed by atoms with E-state index in [0.29, 0.717) is 6.42 Å². The van der Waals surface area contributed by atoms with Crippen molar-refractivity contribution in [2.24, 2.45) is 0 Å². The van der Waals surface area contributed by atoms with Gasteiger partial charge in [0, 0.05) is 31.4 Å². The molecule has 1 fully saturated rings. The Bertz CT molecular complexity index is 591. The fourth-order valence-electron chi connectivity index (χ4n) is 3.10. The first-order valence-electron chi connectivity index (χ1n) is 8.08. The van der Waals surface area contributed by atoms with E-state index in [4.69, 9.17) is 0 Å². The lowest BCUT2D eigenvalue weighted by molar-refractivity contribution is -0.133. The molecule has 1 aromatic heterocycles. The van der Waals surface area contributed by atoms with Crippen molar-refractivity contribution in [3.63, 3.8) is 0 Å². The highest BCUT2D eigenvalue weighted by molar-refractivity contribution is 5.84. The maximum atomic E-state index is 13.0. The van der Waals surface area contributed by atoms with Crippen LogP contribution < -0.4 is 0 Å². The molecule has 1 saturated heterocycles.